The second-order valence-electron chi connectivity index (χ2n) is 4.35. The lowest BCUT2D eigenvalue weighted by atomic mass is 10.0. The van der Waals surface area contributed by atoms with Gasteiger partial charge >= 0.3 is 5.97 Å². The van der Waals surface area contributed by atoms with E-state index < -0.39 is 11.9 Å². The first-order chi connectivity index (χ1) is 10.2. The van der Waals surface area contributed by atoms with Crippen molar-refractivity contribution < 1.29 is 14.3 Å². The van der Waals surface area contributed by atoms with E-state index >= 15 is 0 Å². The van der Waals surface area contributed by atoms with Crippen LogP contribution in [0.1, 0.15) is 31.9 Å². The molecule has 0 aliphatic heterocycles. The van der Waals surface area contributed by atoms with E-state index in [1.165, 1.54) is 6.21 Å². The Morgan fingerprint density at radius 3 is 2.52 bits per heavy atom. The van der Waals surface area contributed by atoms with Crippen molar-refractivity contribution >= 4 is 12.2 Å². The highest BCUT2D eigenvalue weighted by atomic mass is 16.5. The summed E-state index contributed by atoms with van der Waals surface area (Å²) in [6.45, 7) is 3.95. The summed E-state index contributed by atoms with van der Waals surface area (Å²) in [5.74, 6) is -0.746. The quantitative estimate of drug-likeness (QED) is 0.571. The van der Waals surface area contributed by atoms with Crippen molar-refractivity contribution in [3.05, 3.63) is 29.8 Å². The molecule has 0 spiro atoms. The molecule has 21 heavy (non-hydrogen) atoms. The van der Waals surface area contributed by atoms with Crippen LogP contribution < -0.4 is 4.74 Å². The molecule has 0 amide bonds. The largest absolute Gasteiger partial charge is 0.497 e. The number of carbonyl (C=O) groups excluding carboxylic acids is 1. The monoisotopic (exact) mass is 288 g/mol. The molecule has 0 radical (unpaired) electrons. The highest BCUT2D eigenvalue weighted by molar-refractivity contribution is 5.92. The number of hydrogen-bond acceptors (Lipinski definition) is 5. The average Bonchev–Trinajstić information content (AvgIpc) is 2.52. The van der Waals surface area contributed by atoms with Gasteiger partial charge in [0.05, 0.1) is 25.8 Å². The number of carbonyl (C=O) groups is 1. The highest BCUT2D eigenvalue weighted by Crippen LogP contribution is 2.23. The molecule has 1 unspecified atom stereocenters. The first-order valence-corrected chi connectivity index (χ1v) is 6.89. The van der Waals surface area contributed by atoms with Crippen LogP contribution in [-0.2, 0) is 9.53 Å². The summed E-state index contributed by atoms with van der Waals surface area (Å²) in [7, 11) is 1.61. The molecule has 0 aromatic heterocycles. The van der Waals surface area contributed by atoms with Gasteiger partial charge in [0.2, 0.25) is 0 Å². The molecule has 0 fully saturated rings. The van der Waals surface area contributed by atoms with E-state index in [4.69, 9.17) is 14.7 Å². The normalized spacial score (nSPS) is 13.4. The maximum atomic E-state index is 11.5. The van der Waals surface area contributed by atoms with Crippen LogP contribution >= 0.6 is 0 Å². The van der Waals surface area contributed by atoms with Crippen molar-refractivity contribution in [2.75, 3.05) is 13.7 Å². The minimum Gasteiger partial charge on any atom is -0.497 e. The highest BCUT2D eigenvalue weighted by Gasteiger charge is 2.17. The number of hydrogen-bond donors (Lipinski definition) is 0. The van der Waals surface area contributed by atoms with Gasteiger partial charge in [-0.05, 0) is 31.0 Å². The fourth-order valence-corrected chi connectivity index (χ4v) is 1.82. The molecular formula is C16H20N2O3. The van der Waals surface area contributed by atoms with Crippen LogP contribution in [0.15, 0.2) is 29.3 Å². The summed E-state index contributed by atoms with van der Waals surface area (Å²) in [5, 5.41) is 8.99. The van der Waals surface area contributed by atoms with Gasteiger partial charge in [-0.2, -0.15) is 5.26 Å². The molecule has 1 aromatic rings. The Morgan fingerprint density at radius 1 is 1.38 bits per heavy atom. The lowest BCUT2D eigenvalue weighted by Crippen LogP contribution is -2.17. The van der Waals surface area contributed by atoms with Gasteiger partial charge in [0, 0.05) is 6.21 Å². The number of nitrogens with zero attached hydrogens (tertiary/aromatic N) is 2. The summed E-state index contributed by atoms with van der Waals surface area (Å²) in [5.41, 5.74) is 1.01. The second kappa shape index (κ2) is 8.75. The van der Waals surface area contributed by atoms with Crippen LogP contribution in [0.2, 0.25) is 0 Å². The third-order valence-electron chi connectivity index (χ3n) is 2.98. The van der Waals surface area contributed by atoms with Gasteiger partial charge in [-0.25, -0.2) is 0 Å². The van der Waals surface area contributed by atoms with Crippen LogP contribution in [0.4, 0.5) is 0 Å². The van der Waals surface area contributed by atoms with E-state index in [0.29, 0.717) is 0 Å². The number of esters is 1. The molecule has 0 heterocycles. The maximum Gasteiger partial charge on any atom is 0.328 e. The van der Waals surface area contributed by atoms with Crippen LogP contribution in [0.5, 0.6) is 5.75 Å². The molecule has 5 nitrogen and oxygen atoms in total. The van der Waals surface area contributed by atoms with Gasteiger partial charge in [0.1, 0.15) is 5.75 Å². The minimum absolute atomic E-state index is 0.0961. The molecule has 5 heteroatoms. The third kappa shape index (κ3) is 4.92. The summed E-state index contributed by atoms with van der Waals surface area (Å²) in [4.78, 5) is 15.9. The Kier molecular flexibility index (Phi) is 6.96. The summed E-state index contributed by atoms with van der Waals surface area (Å²) in [6, 6.07) is 9.37. The lowest BCUT2D eigenvalue weighted by molar-refractivity contribution is -0.143. The van der Waals surface area contributed by atoms with Gasteiger partial charge in [-0.15, -0.1) is 0 Å². The SMILES string of the molecule is CCOC(=O)C(C#N)C=N[C@@H](CC)c1ccc(OC)cc1. The molecule has 1 rings (SSSR count). The molecule has 0 aliphatic carbocycles. The summed E-state index contributed by atoms with van der Waals surface area (Å²) < 4.78 is 9.94. The van der Waals surface area contributed by atoms with Crippen molar-refractivity contribution in [1.29, 1.82) is 5.26 Å². The predicted molar refractivity (Wildman–Crippen MR) is 80.3 cm³/mol. The Labute approximate surface area is 125 Å². The maximum absolute atomic E-state index is 11.5. The van der Waals surface area contributed by atoms with Crippen molar-refractivity contribution in [3.63, 3.8) is 0 Å². The van der Waals surface area contributed by atoms with E-state index in [-0.39, 0.29) is 12.6 Å². The smallest absolute Gasteiger partial charge is 0.328 e. The predicted octanol–water partition coefficient (Wildman–Crippen LogP) is 2.92. The Morgan fingerprint density at radius 2 is 2.05 bits per heavy atom. The van der Waals surface area contributed by atoms with Crippen LogP contribution in [0.3, 0.4) is 0 Å². The number of methoxy groups -OCH3 is 1. The minimum atomic E-state index is -0.961. The number of ether oxygens (including phenoxy) is 2. The molecule has 0 aliphatic rings. The van der Waals surface area contributed by atoms with Gasteiger partial charge < -0.3 is 9.47 Å². The molecule has 1 aromatic carbocycles. The second-order valence-corrected chi connectivity index (χ2v) is 4.35. The van der Waals surface area contributed by atoms with E-state index in [2.05, 4.69) is 4.99 Å². The zero-order chi connectivity index (χ0) is 15.7. The topological polar surface area (TPSA) is 71.7 Å². The number of nitriles is 1. The summed E-state index contributed by atoms with van der Waals surface area (Å²) >= 11 is 0. The molecule has 0 N–H and O–H groups in total. The number of rotatable bonds is 7. The van der Waals surface area contributed by atoms with Gasteiger partial charge in [0.15, 0.2) is 5.92 Å². The molecular weight excluding hydrogens is 268 g/mol. The zero-order valence-corrected chi connectivity index (χ0v) is 12.6. The van der Waals surface area contributed by atoms with Crippen molar-refractivity contribution in [2.24, 2.45) is 10.9 Å². The van der Waals surface area contributed by atoms with Gasteiger partial charge in [-0.3, -0.25) is 9.79 Å². The average molecular weight is 288 g/mol. The van der Waals surface area contributed by atoms with Crippen LogP contribution in [-0.4, -0.2) is 25.9 Å². The van der Waals surface area contributed by atoms with Crippen molar-refractivity contribution in [1.82, 2.24) is 0 Å². The Hall–Kier alpha value is -2.35. The van der Waals surface area contributed by atoms with E-state index in [1.807, 2.05) is 37.3 Å². The Balaban J connectivity index is 2.82. The fraction of sp³-hybridized carbons (Fsp3) is 0.438. The van der Waals surface area contributed by atoms with Crippen molar-refractivity contribution in [2.45, 2.75) is 26.3 Å². The first kappa shape index (κ1) is 16.7. The number of aliphatic imine (C=N–C) groups is 1. The van der Waals surface area contributed by atoms with Crippen LogP contribution in [0, 0.1) is 17.2 Å². The standard InChI is InChI=1S/C16H20N2O3/c1-4-15(12-6-8-14(20-3)9-7-12)18-11-13(10-17)16(19)21-5-2/h6-9,11,13,15H,4-5H2,1-3H3/t13?,15-/m0/s1. The Bertz CT molecular complexity index is 517. The molecule has 0 saturated carbocycles. The number of benzene rings is 1. The molecule has 112 valence electrons. The molecule has 0 saturated heterocycles. The lowest BCUT2D eigenvalue weighted by Gasteiger charge is -2.11. The van der Waals surface area contributed by atoms with Crippen molar-refractivity contribution in [3.8, 4) is 11.8 Å². The molecule has 0 bridgehead atoms. The van der Waals surface area contributed by atoms with E-state index in [0.717, 1.165) is 17.7 Å². The van der Waals surface area contributed by atoms with Gasteiger partial charge in [0.25, 0.3) is 0 Å². The van der Waals surface area contributed by atoms with E-state index in [9.17, 15) is 4.79 Å². The third-order valence-corrected chi connectivity index (χ3v) is 2.98. The van der Waals surface area contributed by atoms with Gasteiger partial charge in [-0.1, -0.05) is 19.1 Å². The molecule has 2 atom stereocenters. The summed E-state index contributed by atoms with van der Waals surface area (Å²) in [6.07, 6.45) is 2.14. The van der Waals surface area contributed by atoms with E-state index in [1.54, 1.807) is 14.0 Å². The zero-order valence-electron chi connectivity index (χ0n) is 12.6. The van der Waals surface area contributed by atoms with Crippen LogP contribution in [0.25, 0.3) is 0 Å². The fourth-order valence-electron chi connectivity index (χ4n) is 1.82. The first-order valence-electron chi connectivity index (χ1n) is 6.89.